The number of rotatable bonds is 13. The van der Waals surface area contributed by atoms with Gasteiger partial charge in [-0.25, -0.2) is 0 Å². The number of nitrogens with zero attached hydrogens (tertiary/aromatic N) is 2. The van der Waals surface area contributed by atoms with E-state index >= 15 is 4.79 Å². The molecule has 5 aromatic carbocycles. The largest absolute Gasteiger partial charge is 0.497 e. The van der Waals surface area contributed by atoms with Crippen LogP contribution in [0.15, 0.2) is 127 Å². The molecule has 1 spiro atoms. The summed E-state index contributed by atoms with van der Waals surface area (Å²) in [5, 5.41) is 14.2. The van der Waals surface area contributed by atoms with Crippen molar-refractivity contribution in [2.24, 2.45) is 5.92 Å². The molecule has 5 aromatic rings. The molecule has 11 heteroatoms. The smallest absolute Gasteiger partial charge is 0.264 e. The fourth-order valence-electron chi connectivity index (χ4n) is 8.91. The Morgan fingerprint density at radius 2 is 1.60 bits per heavy atom. The Kier molecular flexibility index (Phi) is 11.3. The van der Waals surface area contributed by atoms with E-state index in [1.807, 2.05) is 91.0 Å². The molecule has 10 nitrogen and oxygen atoms in total. The first-order chi connectivity index (χ1) is 27.5. The van der Waals surface area contributed by atoms with Crippen molar-refractivity contribution in [2.75, 3.05) is 36.2 Å². The number of benzene rings is 5. The number of para-hydroxylation sites is 1. The second-order valence-electron chi connectivity index (χ2n) is 15.6. The minimum atomic E-state index is -2.52. The number of nitrogen functional groups attached to an aromatic ring is 1. The average molecular weight is 783 g/mol. The maximum absolute atomic E-state index is 15.3. The van der Waals surface area contributed by atoms with E-state index in [0.29, 0.717) is 23.5 Å². The minimum absolute atomic E-state index is 0.0569. The molecule has 3 amide bonds. The third kappa shape index (κ3) is 7.70. The number of methoxy groups -OCH3 is 1. The summed E-state index contributed by atoms with van der Waals surface area (Å²) in [4.78, 5) is 46.1. The van der Waals surface area contributed by atoms with Crippen LogP contribution in [-0.4, -0.2) is 62.2 Å². The molecule has 294 valence electrons. The molecule has 0 radical (unpaired) electrons. The lowest BCUT2D eigenvalue weighted by molar-refractivity contribution is -0.150. The Bertz CT molecular complexity index is 2230. The molecule has 2 aliphatic heterocycles. The molecule has 0 aliphatic carbocycles. The van der Waals surface area contributed by atoms with Crippen LogP contribution >= 0.6 is 0 Å². The fourth-order valence-corrected chi connectivity index (χ4v) is 12.9. The van der Waals surface area contributed by atoms with Gasteiger partial charge in [-0.3, -0.25) is 14.4 Å². The number of nitrogens with one attached hydrogen (secondary N) is 1. The summed E-state index contributed by atoms with van der Waals surface area (Å²) in [6.07, 6.45) is -0.529. The number of anilines is 3. The maximum atomic E-state index is 15.3. The van der Waals surface area contributed by atoms with Gasteiger partial charge in [-0.2, -0.15) is 0 Å². The summed E-state index contributed by atoms with van der Waals surface area (Å²) in [5.41, 5.74) is 9.31. The molecular formula is C46H50N4O6Si. The highest BCUT2D eigenvalue weighted by molar-refractivity contribution is 6.91. The fraction of sp³-hybridized carbons (Fsp3) is 0.283. The lowest BCUT2D eigenvalue weighted by Crippen LogP contribution is -2.52. The van der Waals surface area contributed by atoms with Gasteiger partial charge in [-0.05, 0) is 71.3 Å². The van der Waals surface area contributed by atoms with Crippen LogP contribution in [0.4, 0.5) is 17.1 Å². The molecular weight excluding hydrogens is 733 g/mol. The first-order valence-electron chi connectivity index (χ1n) is 19.4. The molecule has 0 saturated carbocycles. The van der Waals surface area contributed by atoms with Crippen molar-refractivity contribution < 1.29 is 29.0 Å². The van der Waals surface area contributed by atoms with Gasteiger partial charge < -0.3 is 35.4 Å². The van der Waals surface area contributed by atoms with E-state index in [1.165, 1.54) is 5.19 Å². The first kappa shape index (κ1) is 39.5. The number of amides is 3. The standard InChI is InChI=1S/C46H50N4O6Si/c1-31-43(57(3,4)38-23-21-37(55-2)22-24-38)41(28-42(52)49(25-26-51)29-32-11-6-5-7-12-32)56-46(31)39-15-8-9-16-40(39)50(45(46)54)30-33-13-10-14-36(27-33)48-44(53)34-17-19-35(47)20-18-34/h5-24,27,31,41,43,51H,25-26,28-30,47H2,1-4H3,(H,48,53)/t31-,41+,43-,46+/m1/s1. The predicted molar refractivity (Wildman–Crippen MR) is 226 cm³/mol. The number of hydrogen-bond acceptors (Lipinski definition) is 7. The molecule has 4 N–H and O–H groups in total. The molecule has 0 unspecified atom stereocenters. The van der Waals surface area contributed by atoms with E-state index in [1.54, 1.807) is 41.2 Å². The monoisotopic (exact) mass is 782 g/mol. The molecule has 2 heterocycles. The van der Waals surface area contributed by atoms with Crippen molar-refractivity contribution in [3.63, 3.8) is 0 Å². The quantitative estimate of drug-likeness (QED) is 0.0894. The number of aliphatic hydroxyl groups is 1. The zero-order valence-corrected chi connectivity index (χ0v) is 33.9. The molecule has 2 aliphatic rings. The highest BCUT2D eigenvalue weighted by Gasteiger charge is 2.66. The highest BCUT2D eigenvalue weighted by Crippen LogP contribution is 2.60. The van der Waals surface area contributed by atoms with E-state index < -0.39 is 19.8 Å². The van der Waals surface area contributed by atoms with Crippen LogP contribution in [0.1, 0.15) is 40.4 Å². The van der Waals surface area contributed by atoms with E-state index in [-0.39, 0.29) is 55.3 Å². The van der Waals surface area contributed by atoms with Gasteiger partial charge in [0.15, 0.2) is 5.60 Å². The van der Waals surface area contributed by atoms with Gasteiger partial charge in [0.05, 0.1) is 46.5 Å². The summed E-state index contributed by atoms with van der Waals surface area (Å²) in [7, 11) is -0.871. The topological polar surface area (TPSA) is 134 Å². The van der Waals surface area contributed by atoms with Crippen LogP contribution in [0.25, 0.3) is 0 Å². The van der Waals surface area contributed by atoms with Gasteiger partial charge in [-0.1, -0.05) is 98.0 Å². The Labute approximate surface area is 335 Å². The van der Waals surface area contributed by atoms with Crippen LogP contribution in [0.5, 0.6) is 5.75 Å². The third-order valence-corrected chi connectivity index (χ3v) is 16.1. The summed E-state index contributed by atoms with van der Waals surface area (Å²) in [5.74, 6) is -0.127. The van der Waals surface area contributed by atoms with E-state index in [0.717, 1.165) is 28.1 Å². The van der Waals surface area contributed by atoms with E-state index in [9.17, 15) is 14.7 Å². The van der Waals surface area contributed by atoms with Gasteiger partial charge >= 0.3 is 0 Å². The number of carbonyl (C=O) groups excluding carboxylic acids is 3. The summed E-state index contributed by atoms with van der Waals surface area (Å²) < 4.78 is 12.7. The number of carbonyl (C=O) groups is 3. The number of aliphatic hydroxyl groups excluding tert-OH is 1. The van der Waals surface area contributed by atoms with Crippen molar-refractivity contribution >= 4 is 48.0 Å². The van der Waals surface area contributed by atoms with Crippen molar-refractivity contribution in [1.82, 2.24) is 4.90 Å². The highest BCUT2D eigenvalue weighted by atomic mass is 28.3. The SMILES string of the molecule is COc1ccc([Si](C)(C)[C@H]2[C@H](CC(=O)N(CCO)Cc3ccccc3)O[C@@]3(C(=O)N(Cc4cccc(NC(=O)c5ccc(N)cc5)c4)c4ccccc43)[C@@H]2C)cc1. The molecule has 1 saturated heterocycles. The lowest BCUT2D eigenvalue weighted by atomic mass is 9.82. The number of nitrogens with two attached hydrogens (primary N) is 1. The molecule has 1 fully saturated rings. The minimum Gasteiger partial charge on any atom is -0.497 e. The summed E-state index contributed by atoms with van der Waals surface area (Å²) in [6, 6.07) is 39.9. The van der Waals surface area contributed by atoms with Crippen molar-refractivity contribution in [3.05, 3.63) is 150 Å². The Morgan fingerprint density at radius 1 is 0.912 bits per heavy atom. The molecule has 0 bridgehead atoms. The second-order valence-corrected chi connectivity index (χ2v) is 20.3. The lowest BCUT2D eigenvalue weighted by Gasteiger charge is -2.37. The van der Waals surface area contributed by atoms with Crippen LogP contribution < -0.4 is 25.9 Å². The predicted octanol–water partition coefficient (Wildman–Crippen LogP) is 6.70. The molecule has 57 heavy (non-hydrogen) atoms. The summed E-state index contributed by atoms with van der Waals surface area (Å²) in [6.45, 7) is 7.29. The van der Waals surface area contributed by atoms with Crippen molar-refractivity contribution in [2.45, 2.75) is 56.8 Å². The molecule has 0 aromatic heterocycles. The number of fused-ring (bicyclic) bond motifs is 2. The summed E-state index contributed by atoms with van der Waals surface area (Å²) >= 11 is 0. The average Bonchev–Trinajstić information content (AvgIpc) is 3.64. The first-order valence-corrected chi connectivity index (χ1v) is 22.5. The second kappa shape index (κ2) is 16.4. The zero-order chi connectivity index (χ0) is 40.3. The van der Waals surface area contributed by atoms with Crippen LogP contribution in [0.2, 0.25) is 18.6 Å². The van der Waals surface area contributed by atoms with Gasteiger partial charge in [0, 0.05) is 41.5 Å². The Balaban J connectivity index is 1.22. The van der Waals surface area contributed by atoms with Gasteiger partial charge in [0.25, 0.3) is 11.8 Å². The Morgan fingerprint density at radius 3 is 2.30 bits per heavy atom. The van der Waals surface area contributed by atoms with E-state index in [2.05, 4.69) is 37.5 Å². The number of hydrogen-bond donors (Lipinski definition) is 3. The van der Waals surface area contributed by atoms with Crippen molar-refractivity contribution in [1.29, 1.82) is 0 Å². The van der Waals surface area contributed by atoms with Crippen LogP contribution in [0.3, 0.4) is 0 Å². The zero-order valence-electron chi connectivity index (χ0n) is 32.9. The molecule has 4 atom stereocenters. The molecule has 7 rings (SSSR count). The van der Waals surface area contributed by atoms with Gasteiger partial charge in [0.1, 0.15) is 5.75 Å². The van der Waals surface area contributed by atoms with Crippen LogP contribution in [-0.2, 0) is 33.0 Å². The van der Waals surface area contributed by atoms with Gasteiger partial charge in [-0.15, -0.1) is 0 Å². The third-order valence-electron chi connectivity index (χ3n) is 11.8. The Hall–Kier alpha value is -5.75. The van der Waals surface area contributed by atoms with E-state index in [4.69, 9.17) is 15.2 Å². The number of ether oxygens (including phenoxy) is 2. The van der Waals surface area contributed by atoms with Crippen LogP contribution in [0, 0.1) is 5.92 Å². The van der Waals surface area contributed by atoms with Gasteiger partial charge in [0.2, 0.25) is 5.91 Å². The maximum Gasteiger partial charge on any atom is 0.264 e. The normalized spacial score (nSPS) is 20.1. The van der Waals surface area contributed by atoms with Crippen molar-refractivity contribution in [3.8, 4) is 5.75 Å².